The van der Waals surface area contributed by atoms with Crippen LogP contribution in [-0.2, 0) is 0 Å². The molecule has 0 atom stereocenters. The Labute approximate surface area is 216 Å². The van der Waals surface area contributed by atoms with Crippen molar-refractivity contribution in [2.45, 2.75) is 13.8 Å². The van der Waals surface area contributed by atoms with Gasteiger partial charge in [0.05, 0.1) is 23.5 Å². The van der Waals surface area contributed by atoms with Crippen LogP contribution in [0.3, 0.4) is 0 Å². The molecule has 0 aromatic heterocycles. The Kier molecular flexibility index (Phi) is 7.85. The maximum Gasteiger partial charge on any atom is 0.323 e. The SMILES string of the molecule is COc1ccc(C)cc1NC(=O)Nc1ccc(N2CCN(C(=O)Nc3ccc(C)cc3Cl)CC2)cc1. The number of amides is 4. The lowest BCUT2D eigenvalue weighted by atomic mass is 10.2. The lowest BCUT2D eigenvalue weighted by Gasteiger charge is -2.36. The summed E-state index contributed by atoms with van der Waals surface area (Å²) in [5.41, 5.74) is 4.99. The van der Waals surface area contributed by atoms with Gasteiger partial charge in [0.2, 0.25) is 0 Å². The summed E-state index contributed by atoms with van der Waals surface area (Å²) in [6, 6.07) is 18.3. The zero-order valence-corrected chi connectivity index (χ0v) is 21.4. The summed E-state index contributed by atoms with van der Waals surface area (Å²) in [5, 5.41) is 9.11. The van der Waals surface area contributed by atoms with Gasteiger partial charge in [-0.15, -0.1) is 0 Å². The van der Waals surface area contributed by atoms with Crippen LogP contribution in [0.1, 0.15) is 11.1 Å². The number of halogens is 1. The summed E-state index contributed by atoms with van der Waals surface area (Å²) in [5.74, 6) is 0.598. The van der Waals surface area contributed by atoms with Gasteiger partial charge in [0.1, 0.15) is 5.75 Å². The number of urea groups is 2. The first-order chi connectivity index (χ1) is 17.3. The van der Waals surface area contributed by atoms with E-state index in [1.807, 2.05) is 74.5 Å². The van der Waals surface area contributed by atoms with Gasteiger partial charge in [0.15, 0.2) is 0 Å². The standard InChI is InChI=1S/C27H30ClN5O3/c1-18-4-10-23(22(28)16-18)31-27(35)33-14-12-32(13-15-33)21-8-6-20(7-9-21)29-26(34)30-24-17-19(2)5-11-25(24)36-3/h4-11,16-17H,12-15H2,1-3H3,(H,31,35)(H2,29,30,34). The van der Waals surface area contributed by atoms with Crippen LogP contribution < -0.4 is 25.6 Å². The number of anilines is 4. The van der Waals surface area contributed by atoms with E-state index in [2.05, 4.69) is 20.9 Å². The van der Waals surface area contributed by atoms with Crippen molar-refractivity contribution in [1.82, 2.24) is 4.90 Å². The number of hydrogen-bond acceptors (Lipinski definition) is 4. The van der Waals surface area contributed by atoms with Crippen LogP contribution in [0, 0.1) is 13.8 Å². The van der Waals surface area contributed by atoms with E-state index >= 15 is 0 Å². The predicted molar refractivity (Wildman–Crippen MR) is 146 cm³/mol. The van der Waals surface area contributed by atoms with Gasteiger partial charge in [-0.25, -0.2) is 9.59 Å². The Morgan fingerprint density at radius 1 is 0.806 bits per heavy atom. The fraction of sp³-hybridized carbons (Fsp3) is 0.259. The van der Waals surface area contributed by atoms with Gasteiger partial charge in [-0.2, -0.15) is 0 Å². The summed E-state index contributed by atoms with van der Waals surface area (Å²) < 4.78 is 5.31. The van der Waals surface area contributed by atoms with E-state index in [1.54, 1.807) is 12.0 Å². The minimum Gasteiger partial charge on any atom is -0.495 e. The third-order valence-electron chi connectivity index (χ3n) is 6.03. The first-order valence-electron chi connectivity index (χ1n) is 11.7. The van der Waals surface area contributed by atoms with Crippen LogP contribution in [-0.4, -0.2) is 50.3 Å². The molecule has 9 heteroatoms. The Balaban J connectivity index is 1.28. The molecule has 1 saturated heterocycles. The van der Waals surface area contributed by atoms with Gasteiger partial charge in [-0.1, -0.05) is 23.7 Å². The number of rotatable bonds is 5. The van der Waals surface area contributed by atoms with E-state index in [-0.39, 0.29) is 12.1 Å². The summed E-state index contributed by atoms with van der Waals surface area (Å²) in [6.07, 6.45) is 0. The lowest BCUT2D eigenvalue weighted by Crippen LogP contribution is -2.50. The van der Waals surface area contributed by atoms with Gasteiger partial charge < -0.3 is 30.5 Å². The molecule has 0 radical (unpaired) electrons. The first-order valence-corrected chi connectivity index (χ1v) is 12.1. The third kappa shape index (κ3) is 6.20. The molecule has 0 bridgehead atoms. The van der Waals surface area contributed by atoms with Crippen molar-refractivity contribution >= 4 is 46.4 Å². The second-order valence-electron chi connectivity index (χ2n) is 8.72. The molecular weight excluding hydrogens is 478 g/mol. The van der Waals surface area contributed by atoms with Crippen molar-refractivity contribution in [3.05, 3.63) is 76.8 Å². The zero-order valence-electron chi connectivity index (χ0n) is 20.6. The number of nitrogens with one attached hydrogen (secondary N) is 3. The van der Waals surface area contributed by atoms with Gasteiger partial charge in [-0.3, -0.25) is 0 Å². The molecule has 1 fully saturated rings. The number of aryl methyl sites for hydroxylation is 2. The maximum atomic E-state index is 12.7. The van der Waals surface area contributed by atoms with Crippen molar-refractivity contribution in [3.63, 3.8) is 0 Å². The molecule has 0 unspecified atom stereocenters. The largest absolute Gasteiger partial charge is 0.495 e. The van der Waals surface area contributed by atoms with Crippen molar-refractivity contribution in [1.29, 1.82) is 0 Å². The molecule has 1 aliphatic heterocycles. The van der Waals surface area contributed by atoms with E-state index in [1.165, 1.54) is 0 Å². The summed E-state index contributed by atoms with van der Waals surface area (Å²) in [6.45, 7) is 6.50. The minimum atomic E-state index is -0.347. The second kappa shape index (κ2) is 11.2. The van der Waals surface area contributed by atoms with Crippen LogP contribution >= 0.6 is 11.6 Å². The average Bonchev–Trinajstić information content (AvgIpc) is 2.86. The molecule has 8 nitrogen and oxygen atoms in total. The quantitative estimate of drug-likeness (QED) is 0.397. The highest BCUT2D eigenvalue weighted by Gasteiger charge is 2.22. The van der Waals surface area contributed by atoms with Crippen LogP contribution in [0.2, 0.25) is 5.02 Å². The number of hydrogen-bond donors (Lipinski definition) is 3. The Bertz CT molecular complexity index is 1240. The third-order valence-corrected chi connectivity index (χ3v) is 6.34. The number of carbonyl (C=O) groups is 2. The average molecular weight is 508 g/mol. The number of carbonyl (C=O) groups excluding carboxylic acids is 2. The fourth-order valence-electron chi connectivity index (χ4n) is 4.04. The molecule has 0 spiro atoms. The van der Waals surface area contributed by atoms with E-state index in [4.69, 9.17) is 16.3 Å². The first kappa shape index (κ1) is 25.2. The Hall–Kier alpha value is -3.91. The van der Waals surface area contributed by atoms with Crippen molar-refractivity contribution in [2.24, 2.45) is 0 Å². The molecular formula is C27H30ClN5O3. The molecule has 3 aromatic carbocycles. The molecule has 4 rings (SSSR count). The Morgan fingerprint density at radius 2 is 1.47 bits per heavy atom. The number of benzene rings is 3. The van der Waals surface area contributed by atoms with E-state index < -0.39 is 0 Å². The number of ether oxygens (including phenoxy) is 1. The molecule has 1 heterocycles. The highest BCUT2D eigenvalue weighted by Crippen LogP contribution is 2.26. The van der Waals surface area contributed by atoms with Crippen LogP contribution in [0.15, 0.2) is 60.7 Å². The second-order valence-corrected chi connectivity index (χ2v) is 9.12. The van der Waals surface area contributed by atoms with Crippen LogP contribution in [0.5, 0.6) is 5.75 Å². The van der Waals surface area contributed by atoms with Gasteiger partial charge >= 0.3 is 12.1 Å². The lowest BCUT2D eigenvalue weighted by molar-refractivity contribution is 0.208. The molecule has 3 aromatic rings. The fourth-order valence-corrected chi connectivity index (χ4v) is 4.33. The summed E-state index contributed by atoms with van der Waals surface area (Å²) in [4.78, 5) is 29.1. The van der Waals surface area contributed by atoms with Gasteiger partial charge in [0.25, 0.3) is 0 Å². The normalized spacial score (nSPS) is 13.2. The monoisotopic (exact) mass is 507 g/mol. The number of methoxy groups -OCH3 is 1. The van der Waals surface area contributed by atoms with Gasteiger partial charge in [0, 0.05) is 37.6 Å². The Morgan fingerprint density at radius 3 is 2.14 bits per heavy atom. The minimum absolute atomic E-state index is 0.156. The molecule has 36 heavy (non-hydrogen) atoms. The maximum absolute atomic E-state index is 12.7. The van der Waals surface area contributed by atoms with Gasteiger partial charge in [-0.05, 0) is 73.5 Å². The van der Waals surface area contributed by atoms with Crippen molar-refractivity contribution in [2.75, 3.05) is 54.1 Å². The van der Waals surface area contributed by atoms with Crippen molar-refractivity contribution in [3.8, 4) is 5.75 Å². The molecule has 1 aliphatic rings. The smallest absolute Gasteiger partial charge is 0.323 e. The molecule has 0 aliphatic carbocycles. The van der Waals surface area contributed by atoms with E-state index in [9.17, 15) is 9.59 Å². The highest BCUT2D eigenvalue weighted by atomic mass is 35.5. The number of piperazine rings is 1. The predicted octanol–water partition coefficient (Wildman–Crippen LogP) is 5.96. The molecule has 4 amide bonds. The highest BCUT2D eigenvalue weighted by molar-refractivity contribution is 6.33. The van der Waals surface area contributed by atoms with E-state index in [0.29, 0.717) is 54.0 Å². The van der Waals surface area contributed by atoms with Crippen LogP contribution in [0.4, 0.5) is 32.3 Å². The number of nitrogens with zero attached hydrogens (tertiary/aromatic N) is 2. The summed E-state index contributed by atoms with van der Waals surface area (Å²) >= 11 is 6.24. The molecule has 3 N–H and O–H groups in total. The topological polar surface area (TPSA) is 85.9 Å². The molecule has 0 saturated carbocycles. The summed E-state index contributed by atoms with van der Waals surface area (Å²) in [7, 11) is 1.57. The van der Waals surface area contributed by atoms with E-state index in [0.717, 1.165) is 16.8 Å². The van der Waals surface area contributed by atoms with Crippen molar-refractivity contribution < 1.29 is 14.3 Å². The van der Waals surface area contributed by atoms with Crippen LogP contribution in [0.25, 0.3) is 0 Å². The molecule has 188 valence electrons. The zero-order chi connectivity index (χ0) is 25.7.